The van der Waals surface area contributed by atoms with Crippen molar-refractivity contribution < 1.29 is 14.3 Å². The zero-order valence-electron chi connectivity index (χ0n) is 10.1. The summed E-state index contributed by atoms with van der Waals surface area (Å²) in [4.78, 5) is 23.0. The maximum atomic E-state index is 11.6. The number of allylic oxidation sites excluding steroid dienone is 2. The molecule has 90 valence electrons. The summed E-state index contributed by atoms with van der Waals surface area (Å²) < 4.78 is 4.92. The van der Waals surface area contributed by atoms with Gasteiger partial charge >= 0.3 is 5.97 Å². The highest BCUT2D eigenvalue weighted by atomic mass is 16.5. The van der Waals surface area contributed by atoms with Crippen LogP contribution < -0.4 is 0 Å². The highest BCUT2D eigenvalue weighted by Crippen LogP contribution is 2.25. The van der Waals surface area contributed by atoms with Gasteiger partial charge in [-0.2, -0.15) is 0 Å². The summed E-state index contributed by atoms with van der Waals surface area (Å²) in [6.07, 6.45) is 8.19. The van der Waals surface area contributed by atoms with Crippen molar-refractivity contribution >= 4 is 11.8 Å². The minimum absolute atomic E-state index is 0.0857. The van der Waals surface area contributed by atoms with Crippen LogP contribution in [0.1, 0.15) is 39.5 Å². The quantitative estimate of drug-likeness (QED) is 0.409. The number of carbonyl (C=O) groups excluding carboxylic acids is 2. The fourth-order valence-electron chi connectivity index (χ4n) is 2.05. The van der Waals surface area contributed by atoms with Crippen molar-refractivity contribution in [1.29, 1.82) is 0 Å². The second-order valence-electron chi connectivity index (χ2n) is 4.27. The second kappa shape index (κ2) is 6.46. The van der Waals surface area contributed by atoms with E-state index in [9.17, 15) is 9.59 Å². The van der Waals surface area contributed by atoms with Gasteiger partial charge in [0.15, 0.2) is 0 Å². The van der Waals surface area contributed by atoms with E-state index in [1.807, 2.05) is 0 Å². The van der Waals surface area contributed by atoms with E-state index < -0.39 is 5.92 Å². The molecule has 3 heteroatoms. The minimum atomic E-state index is -0.576. The van der Waals surface area contributed by atoms with Crippen LogP contribution in [0.25, 0.3) is 0 Å². The Morgan fingerprint density at radius 3 is 2.75 bits per heavy atom. The van der Waals surface area contributed by atoms with Gasteiger partial charge < -0.3 is 4.74 Å². The molecule has 1 aliphatic rings. The molecule has 0 aromatic heterocycles. The van der Waals surface area contributed by atoms with Crippen molar-refractivity contribution in [2.75, 3.05) is 6.61 Å². The molecule has 0 radical (unpaired) electrons. The number of ketones is 1. The van der Waals surface area contributed by atoms with Crippen LogP contribution in [-0.4, -0.2) is 18.4 Å². The third-order valence-electron chi connectivity index (χ3n) is 2.95. The van der Waals surface area contributed by atoms with Crippen molar-refractivity contribution in [3.05, 3.63) is 12.2 Å². The molecule has 0 aromatic rings. The van der Waals surface area contributed by atoms with Crippen LogP contribution in [0.4, 0.5) is 0 Å². The molecule has 16 heavy (non-hydrogen) atoms. The van der Waals surface area contributed by atoms with Crippen molar-refractivity contribution in [1.82, 2.24) is 0 Å². The molecule has 0 aliphatic heterocycles. The Bertz CT molecular complexity index is 281. The molecule has 2 unspecified atom stereocenters. The molecule has 0 heterocycles. The largest absolute Gasteiger partial charge is 0.465 e. The summed E-state index contributed by atoms with van der Waals surface area (Å²) >= 11 is 0. The molecule has 0 aromatic carbocycles. The summed E-state index contributed by atoms with van der Waals surface area (Å²) in [7, 11) is 0. The molecule has 0 N–H and O–H groups in total. The first-order chi connectivity index (χ1) is 7.65. The number of rotatable bonds is 5. The van der Waals surface area contributed by atoms with E-state index in [0.29, 0.717) is 18.9 Å². The average Bonchev–Trinajstić information content (AvgIpc) is 2.27. The number of Topliss-reactive ketones (excluding diaryl/α,β-unsaturated/α-hetero) is 1. The van der Waals surface area contributed by atoms with Crippen molar-refractivity contribution in [2.24, 2.45) is 11.8 Å². The first-order valence-electron chi connectivity index (χ1n) is 5.99. The molecule has 0 saturated heterocycles. The predicted molar refractivity (Wildman–Crippen MR) is 61.9 cm³/mol. The van der Waals surface area contributed by atoms with Crippen LogP contribution in [0.3, 0.4) is 0 Å². The van der Waals surface area contributed by atoms with Crippen molar-refractivity contribution in [3.8, 4) is 0 Å². The summed E-state index contributed by atoms with van der Waals surface area (Å²) in [5.74, 6) is -0.675. The van der Waals surface area contributed by atoms with Crippen molar-refractivity contribution in [2.45, 2.75) is 39.5 Å². The molecule has 3 nitrogen and oxygen atoms in total. The van der Waals surface area contributed by atoms with Gasteiger partial charge in [0.2, 0.25) is 0 Å². The first-order valence-corrected chi connectivity index (χ1v) is 5.99. The van der Waals surface area contributed by atoms with Gasteiger partial charge in [0.1, 0.15) is 11.7 Å². The topological polar surface area (TPSA) is 43.4 Å². The van der Waals surface area contributed by atoms with Crippen LogP contribution >= 0.6 is 0 Å². The fourth-order valence-corrected chi connectivity index (χ4v) is 2.05. The summed E-state index contributed by atoms with van der Waals surface area (Å²) in [5, 5.41) is 0. The normalized spacial score (nSPS) is 21.5. The number of hydrogen-bond donors (Lipinski definition) is 0. The Morgan fingerprint density at radius 2 is 2.25 bits per heavy atom. The lowest BCUT2D eigenvalue weighted by Gasteiger charge is -2.20. The van der Waals surface area contributed by atoms with Gasteiger partial charge in [0, 0.05) is 0 Å². The lowest BCUT2D eigenvalue weighted by atomic mass is 9.86. The average molecular weight is 224 g/mol. The van der Waals surface area contributed by atoms with E-state index in [1.54, 1.807) is 6.92 Å². The molecule has 1 rings (SSSR count). The molecular formula is C13H20O3. The van der Waals surface area contributed by atoms with Gasteiger partial charge in [-0.15, -0.1) is 0 Å². The number of esters is 1. The zero-order chi connectivity index (χ0) is 12.0. The third kappa shape index (κ3) is 3.80. The number of ether oxygens (including phenoxy) is 1. The van der Waals surface area contributed by atoms with Gasteiger partial charge in [-0.3, -0.25) is 9.59 Å². The Labute approximate surface area is 96.9 Å². The molecule has 0 saturated carbocycles. The Morgan fingerprint density at radius 1 is 1.50 bits per heavy atom. The predicted octanol–water partition coefficient (Wildman–Crippen LogP) is 2.50. The van der Waals surface area contributed by atoms with Crippen LogP contribution in [0.2, 0.25) is 0 Å². The monoisotopic (exact) mass is 224 g/mol. The standard InChI is InChI=1S/C13H20O3/c1-3-16-13(15)12(10(2)14)9-11-7-5-4-6-8-11/h5,7,11-12H,3-4,6,8-9H2,1-2H3. The van der Waals surface area contributed by atoms with E-state index in [4.69, 9.17) is 4.74 Å². The molecule has 0 fully saturated rings. The number of carbonyl (C=O) groups is 2. The van der Waals surface area contributed by atoms with E-state index in [2.05, 4.69) is 12.2 Å². The van der Waals surface area contributed by atoms with Gasteiger partial charge in [-0.25, -0.2) is 0 Å². The lowest BCUT2D eigenvalue weighted by Crippen LogP contribution is -2.26. The van der Waals surface area contributed by atoms with Gasteiger partial charge in [0.25, 0.3) is 0 Å². The molecule has 2 atom stereocenters. The highest BCUT2D eigenvalue weighted by Gasteiger charge is 2.27. The van der Waals surface area contributed by atoms with E-state index in [1.165, 1.54) is 6.92 Å². The second-order valence-corrected chi connectivity index (χ2v) is 4.27. The lowest BCUT2D eigenvalue weighted by molar-refractivity contribution is -0.151. The van der Waals surface area contributed by atoms with Gasteiger partial charge in [-0.05, 0) is 45.4 Å². The van der Waals surface area contributed by atoms with Crippen LogP contribution in [0, 0.1) is 11.8 Å². The van der Waals surface area contributed by atoms with Gasteiger partial charge in [0.05, 0.1) is 6.61 Å². The Hall–Kier alpha value is -1.12. The zero-order valence-corrected chi connectivity index (χ0v) is 10.1. The maximum absolute atomic E-state index is 11.6. The SMILES string of the molecule is CCOC(=O)C(CC1C=CCCC1)C(C)=O. The highest BCUT2D eigenvalue weighted by molar-refractivity contribution is 5.97. The molecule has 1 aliphatic carbocycles. The van der Waals surface area contributed by atoms with Crippen LogP contribution in [-0.2, 0) is 14.3 Å². The molecule has 0 spiro atoms. The first kappa shape index (κ1) is 12.9. The smallest absolute Gasteiger partial charge is 0.316 e. The maximum Gasteiger partial charge on any atom is 0.316 e. The van der Waals surface area contributed by atoms with Crippen molar-refractivity contribution in [3.63, 3.8) is 0 Å². The van der Waals surface area contributed by atoms with E-state index in [0.717, 1.165) is 19.3 Å². The summed E-state index contributed by atoms with van der Waals surface area (Å²) in [6.45, 7) is 3.56. The third-order valence-corrected chi connectivity index (χ3v) is 2.95. The Kier molecular flexibility index (Phi) is 5.23. The van der Waals surface area contributed by atoms with Crippen LogP contribution in [0.5, 0.6) is 0 Å². The number of hydrogen-bond acceptors (Lipinski definition) is 3. The van der Waals surface area contributed by atoms with Gasteiger partial charge in [-0.1, -0.05) is 12.2 Å². The van der Waals surface area contributed by atoms with E-state index >= 15 is 0 Å². The Balaban J connectivity index is 2.56. The molecular weight excluding hydrogens is 204 g/mol. The fraction of sp³-hybridized carbons (Fsp3) is 0.692. The summed E-state index contributed by atoms with van der Waals surface area (Å²) in [6, 6.07) is 0. The van der Waals surface area contributed by atoms with Crippen LogP contribution in [0.15, 0.2) is 12.2 Å². The summed E-state index contributed by atoms with van der Waals surface area (Å²) in [5.41, 5.74) is 0. The minimum Gasteiger partial charge on any atom is -0.465 e. The van der Waals surface area contributed by atoms with E-state index in [-0.39, 0.29) is 11.8 Å². The molecule has 0 bridgehead atoms. The molecule has 0 amide bonds.